The number of hydrogen-bond donors (Lipinski definition) is 0. The molecule has 0 aliphatic rings. The second kappa shape index (κ2) is 15.8. The normalized spacial score (nSPS) is 6.22. The van der Waals surface area contributed by atoms with Gasteiger partial charge in [0.2, 0.25) is 0 Å². The Balaban J connectivity index is -0.000000180. The van der Waals surface area contributed by atoms with Gasteiger partial charge in [0.1, 0.15) is 0 Å². The zero-order chi connectivity index (χ0) is 5.54. The van der Waals surface area contributed by atoms with Crippen LogP contribution in [0.25, 0.3) is 0 Å². The summed E-state index contributed by atoms with van der Waals surface area (Å²) >= 11 is 0. The van der Waals surface area contributed by atoms with Crippen LogP contribution in [0, 0.1) is 12.3 Å². The molecule has 2 heteroatoms. The minimum absolute atomic E-state index is 0. The van der Waals surface area contributed by atoms with Crippen molar-refractivity contribution >= 4 is 0 Å². The fourth-order valence-electron chi connectivity index (χ4n) is 0.463. The molecule has 0 atom stereocenters. The molecule has 0 rings (SSSR count). The molecule has 1 radical (unpaired) electrons. The van der Waals surface area contributed by atoms with Crippen LogP contribution in [0.15, 0.2) is 0 Å². The van der Waals surface area contributed by atoms with Gasteiger partial charge in [-0.2, -0.15) is 0 Å². The zero-order valence-corrected chi connectivity index (χ0v) is 9.64. The Morgan fingerprint density at radius 1 is 1.33 bits per heavy atom. The van der Waals surface area contributed by atoms with Gasteiger partial charge < -0.3 is 12.4 Å². The molecule has 0 saturated heterocycles. The van der Waals surface area contributed by atoms with Crippen LogP contribution < -0.4 is 12.4 Å². The van der Waals surface area contributed by atoms with Gasteiger partial charge in [0.05, 0.1) is 0 Å². The topological polar surface area (TPSA) is 0 Å². The van der Waals surface area contributed by atoms with Crippen LogP contribution in [0.3, 0.4) is 0 Å². The molecule has 0 N–H and O–H groups in total. The molecule has 0 saturated carbocycles. The van der Waals surface area contributed by atoms with Crippen molar-refractivity contribution in [1.82, 2.24) is 0 Å². The summed E-state index contributed by atoms with van der Waals surface area (Å²) in [4.78, 5) is 0. The van der Waals surface area contributed by atoms with Gasteiger partial charge in [-0.3, -0.25) is 0 Å². The van der Waals surface area contributed by atoms with E-state index in [9.17, 15) is 0 Å². The summed E-state index contributed by atoms with van der Waals surface area (Å²) in [6, 6.07) is 0. The van der Waals surface area contributed by atoms with Crippen LogP contribution in [-0.2, 0) is 19.5 Å². The number of unbranched alkanes of at least 4 members (excludes halogenated alkanes) is 3. The molecule has 0 aromatic carbocycles. The average Bonchev–Trinajstić information content (AvgIpc) is 1.69. The van der Waals surface area contributed by atoms with Crippen molar-refractivity contribution in [2.45, 2.75) is 32.6 Å². The van der Waals surface area contributed by atoms with Crippen molar-refractivity contribution in [3.63, 3.8) is 0 Å². The van der Waals surface area contributed by atoms with E-state index in [0.29, 0.717) is 0 Å². The maximum absolute atomic E-state index is 6.53. The SMILES string of the molecule is [C]#CCCCCC.[Cl-].[Zn]. The quantitative estimate of drug-likeness (QED) is 0.313. The molecular formula is C7H11ClZn-. The molecule has 0 aliphatic heterocycles. The molecule has 0 aromatic rings. The third-order valence-corrected chi connectivity index (χ3v) is 0.905. The fourth-order valence-corrected chi connectivity index (χ4v) is 0.463. The first kappa shape index (κ1) is 16.2. The summed E-state index contributed by atoms with van der Waals surface area (Å²) in [5, 5.41) is 0. The largest absolute Gasteiger partial charge is 1.00 e. The molecule has 49 valence electrons. The smallest absolute Gasteiger partial charge is 0.00989 e. The summed E-state index contributed by atoms with van der Waals surface area (Å²) in [6.07, 6.45) is 11.0. The van der Waals surface area contributed by atoms with Crippen LogP contribution in [0.2, 0.25) is 0 Å². The van der Waals surface area contributed by atoms with Crippen LogP contribution >= 0.6 is 0 Å². The van der Waals surface area contributed by atoms with Crippen LogP contribution in [-0.4, -0.2) is 0 Å². The zero-order valence-electron chi connectivity index (χ0n) is 5.91. The van der Waals surface area contributed by atoms with Gasteiger partial charge >= 0.3 is 0 Å². The van der Waals surface area contributed by atoms with Crippen LogP contribution in [0.4, 0.5) is 0 Å². The Morgan fingerprint density at radius 3 is 2.22 bits per heavy atom. The Labute approximate surface area is 77.0 Å². The van der Waals surface area contributed by atoms with E-state index < -0.39 is 0 Å². The molecule has 0 amide bonds. The van der Waals surface area contributed by atoms with Gasteiger partial charge in [0.15, 0.2) is 0 Å². The first-order valence-corrected chi connectivity index (χ1v) is 2.81. The molecule has 0 nitrogen and oxygen atoms in total. The third-order valence-electron chi connectivity index (χ3n) is 0.905. The Morgan fingerprint density at radius 2 is 1.89 bits per heavy atom. The monoisotopic (exact) mass is 194 g/mol. The molecule has 0 spiro atoms. The predicted octanol–water partition coefficient (Wildman–Crippen LogP) is -0.842. The molecule has 0 aliphatic carbocycles. The number of halogens is 1. The average molecular weight is 196 g/mol. The van der Waals surface area contributed by atoms with E-state index in [1.54, 1.807) is 0 Å². The first-order chi connectivity index (χ1) is 3.41. The molecule has 0 heterocycles. The summed E-state index contributed by atoms with van der Waals surface area (Å²) in [6.45, 7) is 2.16. The third kappa shape index (κ3) is 17.7. The number of hydrogen-bond acceptors (Lipinski definition) is 0. The van der Waals surface area contributed by atoms with E-state index in [1.165, 1.54) is 12.8 Å². The van der Waals surface area contributed by atoms with Gasteiger partial charge in [0, 0.05) is 25.9 Å². The van der Waals surface area contributed by atoms with Crippen molar-refractivity contribution in [1.29, 1.82) is 0 Å². The number of rotatable bonds is 3. The molecule has 0 fully saturated rings. The van der Waals surface area contributed by atoms with E-state index in [0.717, 1.165) is 12.8 Å². The molecule has 0 aromatic heterocycles. The predicted molar refractivity (Wildman–Crippen MR) is 31.3 cm³/mol. The van der Waals surface area contributed by atoms with E-state index in [2.05, 4.69) is 12.8 Å². The van der Waals surface area contributed by atoms with Crippen LogP contribution in [0.5, 0.6) is 0 Å². The summed E-state index contributed by atoms with van der Waals surface area (Å²) in [5.41, 5.74) is 0. The van der Waals surface area contributed by atoms with Gasteiger partial charge in [0.25, 0.3) is 0 Å². The maximum Gasteiger partial charge on any atom is 0.00989 e. The minimum Gasteiger partial charge on any atom is -1.00 e. The Bertz CT molecular complexity index is 65.8. The van der Waals surface area contributed by atoms with Gasteiger partial charge in [-0.15, -0.1) is 0 Å². The van der Waals surface area contributed by atoms with E-state index in [1.807, 2.05) is 0 Å². The molecular weight excluding hydrogens is 185 g/mol. The maximum atomic E-state index is 6.53. The second-order valence-corrected chi connectivity index (χ2v) is 1.63. The van der Waals surface area contributed by atoms with E-state index in [4.69, 9.17) is 6.42 Å². The van der Waals surface area contributed by atoms with Crippen molar-refractivity contribution < 1.29 is 31.9 Å². The van der Waals surface area contributed by atoms with E-state index >= 15 is 0 Å². The van der Waals surface area contributed by atoms with Crippen molar-refractivity contribution in [2.24, 2.45) is 0 Å². The van der Waals surface area contributed by atoms with Crippen LogP contribution in [0.1, 0.15) is 32.6 Å². The molecule has 0 unspecified atom stereocenters. The van der Waals surface area contributed by atoms with Crippen molar-refractivity contribution in [2.75, 3.05) is 0 Å². The van der Waals surface area contributed by atoms with Gasteiger partial charge in [-0.1, -0.05) is 25.7 Å². The summed E-state index contributed by atoms with van der Waals surface area (Å²) < 4.78 is 0. The van der Waals surface area contributed by atoms with Gasteiger partial charge in [-0.05, 0) is 12.8 Å². The Kier molecular flexibility index (Phi) is 28.5. The van der Waals surface area contributed by atoms with Crippen molar-refractivity contribution in [3.05, 3.63) is 6.42 Å². The minimum atomic E-state index is 0. The first-order valence-electron chi connectivity index (χ1n) is 2.81. The standard InChI is InChI=1S/C7H11.ClH.Zn/c1-3-5-7-6-4-2;;/h3,5-7H2,1H3;1H;/p-1. The second-order valence-electron chi connectivity index (χ2n) is 1.63. The fraction of sp³-hybridized carbons (Fsp3) is 0.714. The van der Waals surface area contributed by atoms with Crippen molar-refractivity contribution in [3.8, 4) is 5.92 Å². The van der Waals surface area contributed by atoms with E-state index in [-0.39, 0.29) is 31.9 Å². The van der Waals surface area contributed by atoms with Gasteiger partial charge in [-0.25, -0.2) is 0 Å². The molecule has 9 heavy (non-hydrogen) atoms. The summed E-state index contributed by atoms with van der Waals surface area (Å²) in [7, 11) is 0. The summed E-state index contributed by atoms with van der Waals surface area (Å²) in [5.74, 6) is 2.35. The Hall–Kier alpha value is 0.473. The molecule has 0 bridgehead atoms.